The van der Waals surface area contributed by atoms with Crippen molar-refractivity contribution in [1.29, 1.82) is 0 Å². The number of hydrogen-bond donors (Lipinski definition) is 1. The second kappa shape index (κ2) is 5.28. The Balaban J connectivity index is 2.33. The van der Waals surface area contributed by atoms with Crippen molar-refractivity contribution >= 4 is 5.82 Å². The van der Waals surface area contributed by atoms with Crippen molar-refractivity contribution in [2.45, 2.75) is 13.0 Å². The van der Waals surface area contributed by atoms with Crippen molar-refractivity contribution < 1.29 is 4.39 Å². The van der Waals surface area contributed by atoms with E-state index in [-0.39, 0.29) is 17.7 Å². The van der Waals surface area contributed by atoms with Crippen LogP contribution in [0.2, 0.25) is 0 Å². The molecule has 0 amide bonds. The Bertz CT molecular complexity index is 734. The maximum absolute atomic E-state index is 12.9. The van der Waals surface area contributed by atoms with Gasteiger partial charge in [-0.2, -0.15) is 0 Å². The van der Waals surface area contributed by atoms with Crippen LogP contribution in [0.3, 0.4) is 0 Å². The fourth-order valence-electron chi connectivity index (χ4n) is 1.83. The van der Waals surface area contributed by atoms with E-state index >= 15 is 0 Å². The summed E-state index contributed by atoms with van der Waals surface area (Å²) < 4.78 is 14.9. The van der Waals surface area contributed by atoms with Crippen molar-refractivity contribution in [3.63, 3.8) is 0 Å². The van der Waals surface area contributed by atoms with Crippen molar-refractivity contribution in [3.05, 3.63) is 56.5 Å². The molecule has 2 rings (SSSR count). The van der Waals surface area contributed by atoms with E-state index in [0.717, 1.165) is 14.8 Å². The molecule has 6 nitrogen and oxygen atoms in total. The molecule has 0 spiro atoms. The number of aromatic nitrogens is 3. The first kappa shape index (κ1) is 14.0. The van der Waals surface area contributed by atoms with Crippen LogP contribution in [0.25, 0.3) is 0 Å². The normalized spacial score (nSPS) is 12.2. The third-order valence-corrected chi connectivity index (χ3v) is 3.04. The van der Waals surface area contributed by atoms with Crippen LogP contribution in [-0.2, 0) is 14.1 Å². The number of hydrogen-bond acceptors (Lipinski definition) is 4. The van der Waals surface area contributed by atoms with Crippen molar-refractivity contribution in [3.8, 4) is 0 Å². The summed E-state index contributed by atoms with van der Waals surface area (Å²) in [7, 11) is 2.86. The number of halogens is 1. The van der Waals surface area contributed by atoms with E-state index < -0.39 is 11.2 Å². The number of rotatable bonds is 3. The van der Waals surface area contributed by atoms with Gasteiger partial charge < -0.3 is 5.32 Å². The molecule has 0 saturated heterocycles. The Morgan fingerprint density at radius 2 is 1.80 bits per heavy atom. The number of benzene rings is 1. The van der Waals surface area contributed by atoms with Crippen LogP contribution >= 0.6 is 0 Å². The van der Waals surface area contributed by atoms with Crippen molar-refractivity contribution in [2.75, 3.05) is 5.32 Å². The number of nitrogens with zero attached hydrogens (tertiary/aromatic N) is 3. The molecule has 2 aromatic rings. The zero-order valence-corrected chi connectivity index (χ0v) is 11.4. The van der Waals surface area contributed by atoms with Gasteiger partial charge >= 0.3 is 5.69 Å². The summed E-state index contributed by atoms with van der Waals surface area (Å²) in [6, 6.07) is 5.70. The second-order valence-electron chi connectivity index (χ2n) is 4.54. The monoisotopic (exact) mass is 278 g/mol. The Hall–Kier alpha value is -2.44. The Morgan fingerprint density at radius 1 is 1.20 bits per heavy atom. The van der Waals surface area contributed by atoms with Gasteiger partial charge in [0.1, 0.15) is 5.82 Å². The maximum atomic E-state index is 12.9. The quantitative estimate of drug-likeness (QED) is 0.901. The molecule has 0 fully saturated rings. The average Bonchev–Trinajstić information content (AvgIpc) is 2.43. The third-order valence-electron chi connectivity index (χ3n) is 3.04. The van der Waals surface area contributed by atoms with Gasteiger partial charge in [-0.3, -0.25) is 9.36 Å². The first-order chi connectivity index (χ1) is 9.40. The van der Waals surface area contributed by atoms with Crippen molar-refractivity contribution in [1.82, 2.24) is 14.3 Å². The molecule has 1 heterocycles. The van der Waals surface area contributed by atoms with Gasteiger partial charge in [0.2, 0.25) is 5.82 Å². The predicted molar refractivity (Wildman–Crippen MR) is 73.2 cm³/mol. The van der Waals surface area contributed by atoms with E-state index in [2.05, 4.69) is 10.4 Å². The smallest absolute Gasteiger partial charge is 0.346 e. The van der Waals surface area contributed by atoms with Gasteiger partial charge in [-0.05, 0) is 24.6 Å². The highest BCUT2D eigenvalue weighted by Gasteiger charge is 2.12. The fraction of sp³-hybridized carbons (Fsp3) is 0.308. The minimum atomic E-state index is -0.498. The molecule has 0 saturated carbocycles. The lowest BCUT2D eigenvalue weighted by molar-refractivity contribution is 0.600. The maximum Gasteiger partial charge on any atom is 0.346 e. The van der Waals surface area contributed by atoms with Crippen LogP contribution in [0.4, 0.5) is 10.2 Å². The third kappa shape index (κ3) is 2.61. The van der Waals surface area contributed by atoms with E-state index in [9.17, 15) is 14.0 Å². The molecule has 0 radical (unpaired) electrons. The molecule has 0 aliphatic rings. The van der Waals surface area contributed by atoms with Crippen LogP contribution in [-0.4, -0.2) is 14.3 Å². The molecule has 20 heavy (non-hydrogen) atoms. The summed E-state index contributed by atoms with van der Waals surface area (Å²) in [5.41, 5.74) is -0.179. The topological polar surface area (TPSA) is 68.9 Å². The molecule has 0 aliphatic heterocycles. The molecule has 106 valence electrons. The lowest BCUT2D eigenvalue weighted by atomic mass is 10.1. The van der Waals surface area contributed by atoms with E-state index in [1.54, 1.807) is 12.1 Å². The van der Waals surface area contributed by atoms with E-state index in [1.807, 2.05) is 6.92 Å². The minimum Gasteiger partial charge on any atom is -0.358 e. The van der Waals surface area contributed by atoms with Gasteiger partial charge in [0.05, 0.1) is 6.04 Å². The zero-order chi connectivity index (χ0) is 14.9. The minimum absolute atomic E-state index is 0.0754. The number of aryl methyl sites for hydroxylation is 1. The first-order valence-corrected chi connectivity index (χ1v) is 6.06. The summed E-state index contributed by atoms with van der Waals surface area (Å²) in [5, 5.41) is 6.83. The molecular weight excluding hydrogens is 263 g/mol. The molecule has 0 aliphatic carbocycles. The molecule has 0 unspecified atom stereocenters. The van der Waals surface area contributed by atoms with Crippen LogP contribution in [0.15, 0.2) is 33.9 Å². The summed E-state index contributed by atoms with van der Waals surface area (Å²) in [4.78, 5) is 23.5. The zero-order valence-electron chi connectivity index (χ0n) is 11.4. The predicted octanol–water partition coefficient (Wildman–Crippen LogP) is 0.791. The standard InChI is InChI=1S/C13H15FN4O2/c1-8(9-4-6-10(14)7-5-9)15-11-12(19)17(2)13(20)18(3)16-11/h4-8H,1-3H3,(H,15,16)/t8-/m1/s1. The fourth-order valence-corrected chi connectivity index (χ4v) is 1.83. The van der Waals surface area contributed by atoms with Crippen LogP contribution in [0.1, 0.15) is 18.5 Å². The Morgan fingerprint density at radius 3 is 2.40 bits per heavy atom. The van der Waals surface area contributed by atoms with Gasteiger partial charge in [0.15, 0.2) is 0 Å². The number of anilines is 1. The second-order valence-corrected chi connectivity index (χ2v) is 4.54. The highest BCUT2D eigenvalue weighted by molar-refractivity contribution is 5.35. The Labute approximate surface area is 114 Å². The van der Waals surface area contributed by atoms with Crippen molar-refractivity contribution in [2.24, 2.45) is 14.1 Å². The summed E-state index contributed by atoms with van der Waals surface area (Å²) in [6.45, 7) is 1.82. The first-order valence-electron chi connectivity index (χ1n) is 6.06. The summed E-state index contributed by atoms with van der Waals surface area (Å²) >= 11 is 0. The molecular formula is C13H15FN4O2. The largest absolute Gasteiger partial charge is 0.358 e. The molecule has 1 atom stereocenters. The van der Waals surface area contributed by atoms with Gasteiger partial charge in [-0.15, -0.1) is 5.10 Å². The summed E-state index contributed by atoms with van der Waals surface area (Å²) in [6.07, 6.45) is 0. The van der Waals surface area contributed by atoms with E-state index in [1.165, 1.54) is 26.2 Å². The molecule has 1 aromatic carbocycles. The van der Waals surface area contributed by atoms with Crippen LogP contribution in [0.5, 0.6) is 0 Å². The highest BCUT2D eigenvalue weighted by atomic mass is 19.1. The van der Waals surface area contributed by atoms with Gasteiger partial charge in [-0.1, -0.05) is 12.1 Å². The van der Waals surface area contributed by atoms with Gasteiger partial charge in [-0.25, -0.2) is 13.9 Å². The molecule has 0 bridgehead atoms. The molecule has 1 aromatic heterocycles. The average molecular weight is 278 g/mol. The number of nitrogens with one attached hydrogen (secondary N) is 1. The highest BCUT2D eigenvalue weighted by Crippen LogP contribution is 2.15. The van der Waals surface area contributed by atoms with Gasteiger partial charge in [0.25, 0.3) is 5.56 Å². The van der Waals surface area contributed by atoms with Gasteiger partial charge in [0, 0.05) is 14.1 Å². The molecule has 1 N–H and O–H groups in total. The SMILES string of the molecule is C[C@@H](Nc1nn(C)c(=O)n(C)c1=O)c1ccc(F)cc1. The lowest BCUT2D eigenvalue weighted by Crippen LogP contribution is -2.40. The van der Waals surface area contributed by atoms with Crippen LogP contribution < -0.4 is 16.6 Å². The molecule has 7 heteroatoms. The lowest BCUT2D eigenvalue weighted by Gasteiger charge is -2.15. The Kier molecular flexibility index (Phi) is 3.69. The van der Waals surface area contributed by atoms with Crippen LogP contribution in [0, 0.1) is 5.82 Å². The summed E-state index contributed by atoms with van der Waals surface area (Å²) in [5.74, 6) is -0.247. The van der Waals surface area contributed by atoms with E-state index in [0.29, 0.717) is 0 Å². The van der Waals surface area contributed by atoms with E-state index in [4.69, 9.17) is 0 Å².